The molecule has 1 amide bonds. The molecule has 0 bridgehead atoms. The van der Waals surface area contributed by atoms with Gasteiger partial charge >= 0.3 is 0 Å². The van der Waals surface area contributed by atoms with E-state index in [-0.39, 0.29) is 17.9 Å². The standard InChI is InChI=1S/C20H16F2N2O3/c1-26-17-7-13-16(8-18(17)27-2)23-9-12-6-11(10-24(12)20(13)25)19-14(21)4-3-5-15(19)22/h3-5,7-10,12H,6H2,1-2H3/t12-/m0/s1. The van der Waals surface area contributed by atoms with Crippen LogP contribution in [0, 0.1) is 11.6 Å². The zero-order valence-electron chi connectivity index (χ0n) is 14.7. The number of amides is 1. The normalized spacial score (nSPS) is 17.9. The summed E-state index contributed by atoms with van der Waals surface area (Å²) in [5, 5.41) is 0. The van der Waals surface area contributed by atoms with E-state index in [0.717, 1.165) is 0 Å². The Morgan fingerprint density at radius 2 is 1.78 bits per heavy atom. The molecule has 2 heterocycles. The van der Waals surface area contributed by atoms with Gasteiger partial charge in [-0.25, -0.2) is 8.78 Å². The number of benzene rings is 2. The summed E-state index contributed by atoms with van der Waals surface area (Å²) in [4.78, 5) is 18.9. The molecule has 0 unspecified atom stereocenters. The van der Waals surface area contributed by atoms with Crippen molar-refractivity contribution in [2.45, 2.75) is 12.5 Å². The minimum atomic E-state index is -0.657. The summed E-state index contributed by atoms with van der Waals surface area (Å²) < 4.78 is 38.8. The van der Waals surface area contributed by atoms with Crippen molar-refractivity contribution in [3.63, 3.8) is 0 Å². The lowest BCUT2D eigenvalue weighted by molar-refractivity contribution is 0.0817. The molecule has 2 aliphatic heterocycles. The van der Waals surface area contributed by atoms with Crippen molar-refractivity contribution in [3.8, 4) is 11.5 Å². The van der Waals surface area contributed by atoms with E-state index in [2.05, 4.69) is 4.99 Å². The van der Waals surface area contributed by atoms with E-state index in [0.29, 0.717) is 28.3 Å². The van der Waals surface area contributed by atoms with Gasteiger partial charge in [0, 0.05) is 24.9 Å². The van der Waals surface area contributed by atoms with E-state index in [9.17, 15) is 13.6 Å². The lowest BCUT2D eigenvalue weighted by atomic mass is 10.0. The predicted octanol–water partition coefficient (Wildman–Crippen LogP) is 3.95. The second-order valence-corrected chi connectivity index (χ2v) is 6.24. The van der Waals surface area contributed by atoms with Gasteiger partial charge in [0.15, 0.2) is 11.5 Å². The summed E-state index contributed by atoms with van der Waals surface area (Å²) in [6.45, 7) is 0. The first-order valence-corrected chi connectivity index (χ1v) is 8.31. The Balaban J connectivity index is 1.78. The van der Waals surface area contributed by atoms with Gasteiger partial charge in [0.2, 0.25) is 0 Å². The maximum atomic E-state index is 14.1. The third kappa shape index (κ3) is 2.75. The molecular weight excluding hydrogens is 354 g/mol. The highest BCUT2D eigenvalue weighted by molar-refractivity contribution is 6.05. The van der Waals surface area contributed by atoms with Gasteiger partial charge in [0.05, 0.1) is 37.1 Å². The van der Waals surface area contributed by atoms with Gasteiger partial charge in [-0.05, 0) is 23.8 Å². The first kappa shape index (κ1) is 17.2. The molecule has 0 radical (unpaired) electrons. The summed E-state index contributed by atoms with van der Waals surface area (Å²) in [7, 11) is 2.98. The highest BCUT2D eigenvalue weighted by atomic mass is 19.1. The molecule has 1 atom stereocenters. The van der Waals surface area contributed by atoms with E-state index in [1.807, 2.05) is 0 Å². The zero-order chi connectivity index (χ0) is 19.1. The number of hydrogen-bond acceptors (Lipinski definition) is 4. The van der Waals surface area contributed by atoms with E-state index in [1.54, 1.807) is 18.3 Å². The number of methoxy groups -OCH3 is 2. The average molecular weight is 370 g/mol. The zero-order valence-corrected chi connectivity index (χ0v) is 14.7. The molecule has 7 heteroatoms. The van der Waals surface area contributed by atoms with Crippen LogP contribution in [0.4, 0.5) is 14.5 Å². The summed E-state index contributed by atoms with van der Waals surface area (Å²) >= 11 is 0. The molecule has 5 nitrogen and oxygen atoms in total. The van der Waals surface area contributed by atoms with Crippen LogP contribution in [0.1, 0.15) is 22.3 Å². The van der Waals surface area contributed by atoms with Crippen LogP contribution in [0.5, 0.6) is 11.5 Å². The monoisotopic (exact) mass is 370 g/mol. The van der Waals surface area contributed by atoms with Crippen LogP contribution in [0.2, 0.25) is 0 Å². The second-order valence-electron chi connectivity index (χ2n) is 6.24. The highest BCUT2D eigenvalue weighted by Gasteiger charge is 2.34. The molecular formula is C20H16F2N2O3. The van der Waals surface area contributed by atoms with Crippen molar-refractivity contribution in [2.75, 3.05) is 14.2 Å². The van der Waals surface area contributed by atoms with Crippen LogP contribution in [0.25, 0.3) is 5.57 Å². The first-order valence-electron chi connectivity index (χ1n) is 8.31. The molecule has 0 N–H and O–H groups in total. The van der Waals surface area contributed by atoms with Crippen LogP contribution >= 0.6 is 0 Å². The molecule has 0 spiro atoms. The summed E-state index contributed by atoms with van der Waals surface area (Å²) in [6, 6.07) is 6.48. The SMILES string of the molecule is COc1cc2c(cc1OC)C(=O)N1C=C(c3c(F)cccc3F)C[C@H]1C=N2. The molecule has 0 saturated carbocycles. The van der Waals surface area contributed by atoms with Gasteiger partial charge in [0.1, 0.15) is 11.6 Å². The molecule has 0 fully saturated rings. The lowest BCUT2D eigenvalue weighted by Crippen LogP contribution is -2.32. The van der Waals surface area contributed by atoms with Crippen molar-refractivity contribution < 1.29 is 23.0 Å². The van der Waals surface area contributed by atoms with Gasteiger partial charge in [-0.1, -0.05) is 6.07 Å². The maximum absolute atomic E-state index is 14.1. The number of halogens is 2. The first-order chi connectivity index (χ1) is 13.0. The van der Waals surface area contributed by atoms with Crippen molar-refractivity contribution in [1.29, 1.82) is 0 Å². The number of fused-ring (bicyclic) bond motifs is 2. The van der Waals surface area contributed by atoms with Crippen LogP contribution in [0.15, 0.2) is 41.5 Å². The van der Waals surface area contributed by atoms with Gasteiger partial charge in [-0.15, -0.1) is 0 Å². The Bertz CT molecular complexity index is 981. The Hall–Kier alpha value is -3.22. The number of carbonyl (C=O) groups is 1. The maximum Gasteiger partial charge on any atom is 0.260 e. The van der Waals surface area contributed by atoms with Crippen LogP contribution < -0.4 is 9.47 Å². The number of carbonyl (C=O) groups excluding carboxylic acids is 1. The number of ether oxygens (including phenoxy) is 2. The topological polar surface area (TPSA) is 51.1 Å². The van der Waals surface area contributed by atoms with Gasteiger partial charge < -0.3 is 14.4 Å². The quantitative estimate of drug-likeness (QED) is 0.822. The smallest absolute Gasteiger partial charge is 0.260 e. The fraction of sp³-hybridized carbons (Fsp3) is 0.200. The fourth-order valence-electron chi connectivity index (χ4n) is 3.40. The van der Waals surface area contributed by atoms with Gasteiger partial charge in [0.25, 0.3) is 5.91 Å². The summed E-state index contributed by atoms with van der Waals surface area (Å²) in [5.74, 6) is -0.764. The summed E-state index contributed by atoms with van der Waals surface area (Å²) in [5.41, 5.74) is 1.09. The molecule has 0 aromatic heterocycles. The Kier molecular flexibility index (Phi) is 4.14. The molecule has 27 heavy (non-hydrogen) atoms. The molecule has 0 saturated heterocycles. The lowest BCUT2D eigenvalue weighted by Gasteiger charge is -2.18. The van der Waals surface area contributed by atoms with E-state index < -0.39 is 17.7 Å². The Morgan fingerprint density at radius 1 is 1.11 bits per heavy atom. The number of rotatable bonds is 3. The van der Waals surface area contributed by atoms with Gasteiger partial charge in [-0.2, -0.15) is 0 Å². The largest absolute Gasteiger partial charge is 0.493 e. The number of aliphatic imine (C=N–C) groups is 1. The van der Waals surface area contributed by atoms with Crippen molar-refractivity contribution in [2.24, 2.45) is 4.99 Å². The minimum Gasteiger partial charge on any atom is -0.493 e. The van der Waals surface area contributed by atoms with Crippen LogP contribution in [-0.2, 0) is 0 Å². The number of nitrogens with zero attached hydrogens (tertiary/aromatic N) is 2. The van der Waals surface area contributed by atoms with E-state index >= 15 is 0 Å². The van der Waals surface area contributed by atoms with Crippen LogP contribution in [0.3, 0.4) is 0 Å². The highest BCUT2D eigenvalue weighted by Crippen LogP contribution is 2.40. The molecule has 138 valence electrons. The average Bonchev–Trinajstić information content (AvgIpc) is 3.03. The number of hydrogen-bond donors (Lipinski definition) is 0. The minimum absolute atomic E-state index is 0.112. The molecule has 0 aliphatic carbocycles. The molecule has 2 aliphatic rings. The molecule has 2 aromatic rings. The van der Waals surface area contributed by atoms with Crippen LogP contribution in [-0.4, -0.2) is 37.3 Å². The third-order valence-electron chi connectivity index (χ3n) is 4.72. The summed E-state index contributed by atoms with van der Waals surface area (Å²) in [6.07, 6.45) is 3.37. The Morgan fingerprint density at radius 3 is 2.44 bits per heavy atom. The van der Waals surface area contributed by atoms with E-state index in [4.69, 9.17) is 9.47 Å². The van der Waals surface area contributed by atoms with Crippen molar-refractivity contribution >= 4 is 23.4 Å². The van der Waals surface area contributed by atoms with Crippen molar-refractivity contribution in [3.05, 3.63) is 59.3 Å². The fourth-order valence-corrected chi connectivity index (χ4v) is 3.40. The van der Waals surface area contributed by atoms with Crippen molar-refractivity contribution in [1.82, 2.24) is 4.90 Å². The Labute approximate surface area is 154 Å². The molecule has 2 aromatic carbocycles. The van der Waals surface area contributed by atoms with E-state index in [1.165, 1.54) is 43.5 Å². The predicted molar refractivity (Wildman–Crippen MR) is 96.6 cm³/mol. The third-order valence-corrected chi connectivity index (χ3v) is 4.72. The molecule has 4 rings (SSSR count). The van der Waals surface area contributed by atoms with Gasteiger partial charge in [-0.3, -0.25) is 9.79 Å². The second kappa shape index (κ2) is 6.50.